The zero-order valence-corrected chi connectivity index (χ0v) is 10.7. The summed E-state index contributed by atoms with van der Waals surface area (Å²) in [5, 5.41) is 0. The Bertz CT molecular complexity index is 475. The fourth-order valence-electron chi connectivity index (χ4n) is 1.70. The number of benzene rings is 1. The smallest absolute Gasteiger partial charge is 0.232 e. The van der Waals surface area contributed by atoms with Crippen LogP contribution in [0.2, 0.25) is 0 Å². The van der Waals surface area contributed by atoms with Gasteiger partial charge in [-0.15, -0.1) is 0 Å². The van der Waals surface area contributed by atoms with Crippen LogP contribution in [0.1, 0.15) is 28.4 Å². The van der Waals surface area contributed by atoms with Crippen LogP contribution >= 0.6 is 0 Å². The van der Waals surface area contributed by atoms with E-state index in [4.69, 9.17) is 9.47 Å². The first-order valence-corrected chi connectivity index (χ1v) is 5.21. The normalized spacial score (nSPS) is 9.94. The van der Waals surface area contributed by atoms with Crippen molar-refractivity contribution in [2.45, 2.75) is 20.8 Å². The second-order valence-electron chi connectivity index (χ2n) is 3.79. The van der Waals surface area contributed by atoms with Gasteiger partial charge < -0.3 is 9.47 Å². The number of ketones is 2. The first-order chi connectivity index (χ1) is 7.93. The third kappa shape index (κ3) is 2.30. The van der Waals surface area contributed by atoms with E-state index >= 15 is 0 Å². The zero-order chi connectivity index (χ0) is 13.2. The van der Waals surface area contributed by atoms with E-state index in [0.717, 1.165) is 11.1 Å². The van der Waals surface area contributed by atoms with Crippen LogP contribution in [-0.2, 0) is 4.79 Å². The Morgan fingerprint density at radius 3 is 2.06 bits per heavy atom. The van der Waals surface area contributed by atoms with Gasteiger partial charge in [-0.05, 0) is 31.0 Å². The highest BCUT2D eigenvalue weighted by Gasteiger charge is 2.21. The number of rotatable bonds is 4. The quantitative estimate of drug-likeness (QED) is 0.593. The van der Waals surface area contributed by atoms with Crippen molar-refractivity contribution in [1.82, 2.24) is 0 Å². The van der Waals surface area contributed by atoms with Crippen molar-refractivity contribution in [3.05, 3.63) is 22.8 Å². The van der Waals surface area contributed by atoms with Gasteiger partial charge in [0.1, 0.15) is 11.5 Å². The molecule has 1 aromatic carbocycles. The highest BCUT2D eigenvalue weighted by Crippen LogP contribution is 2.33. The Labute approximate surface area is 101 Å². The van der Waals surface area contributed by atoms with Crippen LogP contribution in [0.5, 0.6) is 11.5 Å². The van der Waals surface area contributed by atoms with Gasteiger partial charge >= 0.3 is 0 Å². The van der Waals surface area contributed by atoms with Crippen molar-refractivity contribution >= 4 is 11.6 Å². The summed E-state index contributed by atoms with van der Waals surface area (Å²) in [7, 11) is 3.00. The van der Waals surface area contributed by atoms with Crippen molar-refractivity contribution < 1.29 is 19.1 Å². The molecule has 0 aromatic heterocycles. The Hall–Kier alpha value is -1.84. The summed E-state index contributed by atoms with van der Waals surface area (Å²) >= 11 is 0. The average molecular weight is 236 g/mol. The predicted octanol–water partition coefficient (Wildman–Crippen LogP) is 2.09. The van der Waals surface area contributed by atoms with E-state index in [9.17, 15) is 9.59 Å². The molecule has 0 amide bonds. The van der Waals surface area contributed by atoms with E-state index in [1.54, 1.807) is 6.07 Å². The highest BCUT2D eigenvalue weighted by molar-refractivity contribution is 6.43. The maximum atomic E-state index is 11.8. The topological polar surface area (TPSA) is 52.6 Å². The van der Waals surface area contributed by atoms with Gasteiger partial charge in [0.15, 0.2) is 5.78 Å². The van der Waals surface area contributed by atoms with Crippen LogP contribution in [0.15, 0.2) is 6.07 Å². The summed E-state index contributed by atoms with van der Waals surface area (Å²) in [4.78, 5) is 22.9. The maximum absolute atomic E-state index is 11.8. The second kappa shape index (κ2) is 4.99. The van der Waals surface area contributed by atoms with Crippen molar-refractivity contribution in [2.24, 2.45) is 0 Å². The minimum absolute atomic E-state index is 0.250. The molecule has 0 spiro atoms. The van der Waals surface area contributed by atoms with E-state index in [-0.39, 0.29) is 5.56 Å². The Kier molecular flexibility index (Phi) is 3.89. The van der Waals surface area contributed by atoms with Crippen LogP contribution in [0.3, 0.4) is 0 Å². The van der Waals surface area contributed by atoms with Crippen LogP contribution in [0, 0.1) is 13.8 Å². The van der Waals surface area contributed by atoms with Crippen LogP contribution in [-0.4, -0.2) is 25.8 Å². The number of hydrogen-bond acceptors (Lipinski definition) is 4. The molecule has 0 N–H and O–H groups in total. The van der Waals surface area contributed by atoms with E-state index in [0.29, 0.717) is 11.5 Å². The van der Waals surface area contributed by atoms with Crippen LogP contribution < -0.4 is 9.47 Å². The lowest BCUT2D eigenvalue weighted by molar-refractivity contribution is -0.113. The molecule has 0 radical (unpaired) electrons. The fraction of sp³-hybridized carbons (Fsp3) is 0.385. The van der Waals surface area contributed by atoms with E-state index in [1.807, 2.05) is 13.8 Å². The summed E-state index contributed by atoms with van der Waals surface area (Å²) in [6.45, 7) is 4.94. The molecular weight excluding hydrogens is 220 g/mol. The molecule has 0 atom stereocenters. The molecule has 1 rings (SSSR count). The molecular formula is C13H16O4. The number of carbonyl (C=O) groups excluding carboxylic acids is 2. The first-order valence-electron chi connectivity index (χ1n) is 5.21. The molecule has 4 nitrogen and oxygen atoms in total. The third-order valence-electron chi connectivity index (χ3n) is 2.78. The second-order valence-corrected chi connectivity index (χ2v) is 3.79. The summed E-state index contributed by atoms with van der Waals surface area (Å²) < 4.78 is 10.4. The number of methoxy groups -OCH3 is 2. The van der Waals surface area contributed by atoms with Gasteiger partial charge in [0.05, 0.1) is 19.8 Å². The molecule has 0 saturated heterocycles. The number of carbonyl (C=O) groups is 2. The highest BCUT2D eigenvalue weighted by atomic mass is 16.5. The van der Waals surface area contributed by atoms with Gasteiger partial charge in [-0.1, -0.05) is 0 Å². The summed E-state index contributed by atoms with van der Waals surface area (Å²) in [6.07, 6.45) is 0. The standard InChI is InChI=1S/C13H16O4/c1-7-8(2)13(17-5)10(6-11(7)16-4)12(15)9(3)14/h6H,1-5H3. The predicted molar refractivity (Wildman–Crippen MR) is 64.0 cm³/mol. The molecule has 0 saturated carbocycles. The average Bonchev–Trinajstić information content (AvgIpc) is 2.31. The number of Topliss-reactive ketones (excluding diaryl/α,β-unsaturated/α-hetero) is 2. The van der Waals surface area contributed by atoms with Crippen molar-refractivity contribution in [3.63, 3.8) is 0 Å². The Balaban J connectivity index is 3.53. The SMILES string of the molecule is COc1cc(C(=O)C(C)=O)c(OC)c(C)c1C. The molecule has 0 bridgehead atoms. The van der Waals surface area contributed by atoms with Gasteiger partial charge in [0, 0.05) is 6.92 Å². The fourth-order valence-corrected chi connectivity index (χ4v) is 1.70. The summed E-state index contributed by atoms with van der Waals surface area (Å²) in [5.74, 6) is -0.0757. The lowest BCUT2D eigenvalue weighted by Crippen LogP contribution is -2.13. The van der Waals surface area contributed by atoms with E-state index in [2.05, 4.69) is 0 Å². The molecule has 0 aliphatic carbocycles. The molecule has 1 aromatic rings. The van der Waals surface area contributed by atoms with Gasteiger partial charge in [-0.3, -0.25) is 9.59 Å². The van der Waals surface area contributed by atoms with Gasteiger partial charge in [0.25, 0.3) is 0 Å². The molecule has 0 heterocycles. The molecule has 0 fully saturated rings. The summed E-state index contributed by atoms with van der Waals surface area (Å²) in [5.41, 5.74) is 1.95. The zero-order valence-electron chi connectivity index (χ0n) is 10.7. The Morgan fingerprint density at radius 1 is 1.06 bits per heavy atom. The van der Waals surface area contributed by atoms with Crippen LogP contribution in [0.25, 0.3) is 0 Å². The third-order valence-corrected chi connectivity index (χ3v) is 2.78. The van der Waals surface area contributed by atoms with Crippen molar-refractivity contribution in [2.75, 3.05) is 14.2 Å². The molecule has 4 heteroatoms. The van der Waals surface area contributed by atoms with E-state index in [1.165, 1.54) is 21.1 Å². The maximum Gasteiger partial charge on any atom is 0.232 e. The van der Waals surface area contributed by atoms with Gasteiger partial charge in [-0.25, -0.2) is 0 Å². The largest absolute Gasteiger partial charge is 0.496 e. The molecule has 0 unspecified atom stereocenters. The monoisotopic (exact) mass is 236 g/mol. The lowest BCUT2D eigenvalue weighted by atomic mass is 9.99. The van der Waals surface area contributed by atoms with E-state index < -0.39 is 11.6 Å². The molecule has 17 heavy (non-hydrogen) atoms. The van der Waals surface area contributed by atoms with Crippen molar-refractivity contribution in [1.29, 1.82) is 0 Å². The minimum atomic E-state index is -0.566. The summed E-state index contributed by atoms with van der Waals surface area (Å²) in [6, 6.07) is 1.55. The van der Waals surface area contributed by atoms with Crippen LogP contribution in [0.4, 0.5) is 0 Å². The Morgan fingerprint density at radius 2 is 1.65 bits per heavy atom. The first kappa shape index (κ1) is 13.2. The molecule has 0 aliphatic heterocycles. The molecule has 92 valence electrons. The lowest BCUT2D eigenvalue weighted by Gasteiger charge is -2.15. The van der Waals surface area contributed by atoms with Gasteiger partial charge in [-0.2, -0.15) is 0 Å². The minimum Gasteiger partial charge on any atom is -0.496 e. The van der Waals surface area contributed by atoms with Gasteiger partial charge in [0.2, 0.25) is 5.78 Å². The van der Waals surface area contributed by atoms with Crippen molar-refractivity contribution in [3.8, 4) is 11.5 Å². The molecule has 0 aliphatic rings. The number of hydrogen-bond donors (Lipinski definition) is 0. The number of ether oxygens (including phenoxy) is 2.